The van der Waals surface area contributed by atoms with Gasteiger partial charge in [-0.2, -0.15) is 0 Å². The molecule has 1 N–H and O–H groups in total. The summed E-state index contributed by atoms with van der Waals surface area (Å²) in [6.45, 7) is 5.31. The highest BCUT2D eigenvalue weighted by Crippen LogP contribution is 2.39. The van der Waals surface area contributed by atoms with Crippen LogP contribution >= 0.6 is 0 Å². The van der Waals surface area contributed by atoms with Crippen LogP contribution in [0, 0.1) is 0 Å². The van der Waals surface area contributed by atoms with Crippen molar-refractivity contribution >= 4 is 23.7 Å². The molecule has 0 spiro atoms. The number of benzene rings is 2. The number of carbonyl (C=O) groups excluding carboxylic acids is 3. The normalized spacial score (nSPS) is 17.2. The molecule has 0 radical (unpaired) electrons. The van der Waals surface area contributed by atoms with E-state index in [0.29, 0.717) is 34.0 Å². The van der Waals surface area contributed by atoms with Gasteiger partial charge in [-0.3, -0.25) is 4.90 Å². The van der Waals surface area contributed by atoms with Gasteiger partial charge in [0.2, 0.25) is 6.79 Å². The number of anilines is 1. The molecule has 1 atom stereocenters. The summed E-state index contributed by atoms with van der Waals surface area (Å²) in [5.74, 6) is 0.0745. The number of fused-ring (bicyclic) bond motifs is 1. The number of amides is 2. The predicted octanol–water partition coefficient (Wildman–Crippen LogP) is 3.70. The lowest BCUT2D eigenvalue weighted by Gasteiger charge is -2.35. The van der Waals surface area contributed by atoms with Gasteiger partial charge in [-0.15, -0.1) is 0 Å². The van der Waals surface area contributed by atoms with E-state index in [4.69, 9.17) is 18.9 Å². The number of esters is 2. The Morgan fingerprint density at radius 2 is 1.76 bits per heavy atom. The van der Waals surface area contributed by atoms with Crippen LogP contribution in [-0.4, -0.2) is 38.0 Å². The van der Waals surface area contributed by atoms with E-state index >= 15 is 0 Å². The van der Waals surface area contributed by atoms with Crippen molar-refractivity contribution in [3.05, 3.63) is 64.9 Å². The molecule has 0 bridgehead atoms. The molecule has 0 saturated heterocycles. The Hall–Kier alpha value is -4.01. The Balaban J connectivity index is 1.77. The minimum absolute atomic E-state index is 0.107. The van der Waals surface area contributed by atoms with E-state index < -0.39 is 24.0 Å². The molecule has 33 heavy (non-hydrogen) atoms. The van der Waals surface area contributed by atoms with Crippen LogP contribution < -0.4 is 19.7 Å². The number of allylic oxidation sites excluding steroid dienone is 1. The molecular formula is C24H24N2O7. The third-order valence-corrected chi connectivity index (χ3v) is 5.33. The van der Waals surface area contributed by atoms with Crippen molar-refractivity contribution in [2.45, 2.75) is 32.9 Å². The maximum Gasteiger partial charge on any atom is 0.338 e. The second-order valence-electron chi connectivity index (χ2n) is 7.82. The van der Waals surface area contributed by atoms with Crippen molar-refractivity contribution < 1.29 is 33.3 Å². The average molecular weight is 452 g/mol. The molecule has 2 aromatic carbocycles. The quantitative estimate of drug-likeness (QED) is 0.690. The monoisotopic (exact) mass is 452 g/mol. The van der Waals surface area contributed by atoms with Gasteiger partial charge < -0.3 is 24.3 Å². The summed E-state index contributed by atoms with van der Waals surface area (Å²) in [5, 5.41) is 2.89. The average Bonchev–Trinajstić information content (AvgIpc) is 3.25. The first-order chi connectivity index (χ1) is 15.8. The largest absolute Gasteiger partial charge is 0.465 e. The lowest BCUT2D eigenvalue weighted by Crippen LogP contribution is -2.48. The number of hydrogen-bond donors (Lipinski definition) is 1. The smallest absolute Gasteiger partial charge is 0.338 e. The fourth-order valence-electron chi connectivity index (χ4n) is 3.80. The van der Waals surface area contributed by atoms with Gasteiger partial charge in [0.1, 0.15) is 0 Å². The van der Waals surface area contributed by atoms with Crippen molar-refractivity contribution in [1.29, 1.82) is 0 Å². The van der Waals surface area contributed by atoms with Crippen molar-refractivity contribution in [3.63, 3.8) is 0 Å². The van der Waals surface area contributed by atoms with Gasteiger partial charge in [-0.25, -0.2) is 14.4 Å². The van der Waals surface area contributed by atoms with Crippen molar-refractivity contribution in [2.75, 3.05) is 18.8 Å². The van der Waals surface area contributed by atoms with Crippen LogP contribution in [0.5, 0.6) is 11.5 Å². The minimum atomic E-state index is -0.763. The van der Waals surface area contributed by atoms with Crippen molar-refractivity contribution in [1.82, 2.24) is 5.32 Å². The van der Waals surface area contributed by atoms with Gasteiger partial charge in [-0.05, 0) is 50.6 Å². The number of nitrogens with one attached hydrogen (secondary N) is 1. The number of rotatable bonds is 5. The lowest BCUT2D eigenvalue weighted by molar-refractivity contribution is -0.143. The Kier molecular flexibility index (Phi) is 5.95. The zero-order chi connectivity index (χ0) is 23.7. The van der Waals surface area contributed by atoms with E-state index in [1.165, 1.54) is 12.0 Å². The van der Waals surface area contributed by atoms with Crippen LogP contribution in [0.4, 0.5) is 10.5 Å². The molecule has 172 valence electrons. The van der Waals surface area contributed by atoms with Crippen LogP contribution in [0.25, 0.3) is 0 Å². The summed E-state index contributed by atoms with van der Waals surface area (Å²) < 4.78 is 21.0. The number of carbonyl (C=O) groups is 3. The first-order valence-electron chi connectivity index (χ1n) is 10.4. The Bertz CT molecular complexity index is 1140. The van der Waals surface area contributed by atoms with E-state index in [9.17, 15) is 14.4 Å². The number of nitrogens with zero attached hydrogens (tertiary/aromatic N) is 1. The van der Waals surface area contributed by atoms with Crippen molar-refractivity contribution in [3.8, 4) is 11.5 Å². The summed E-state index contributed by atoms with van der Waals surface area (Å²) in [4.78, 5) is 39.5. The number of hydrogen-bond acceptors (Lipinski definition) is 7. The Labute approximate surface area is 190 Å². The number of urea groups is 1. The van der Waals surface area contributed by atoms with E-state index in [1.807, 2.05) is 0 Å². The van der Waals surface area contributed by atoms with Gasteiger partial charge >= 0.3 is 18.0 Å². The van der Waals surface area contributed by atoms with Gasteiger partial charge in [0.05, 0.1) is 36.1 Å². The highest BCUT2D eigenvalue weighted by Gasteiger charge is 2.38. The summed E-state index contributed by atoms with van der Waals surface area (Å²) in [5.41, 5.74) is 2.20. The molecule has 4 rings (SSSR count). The van der Waals surface area contributed by atoms with E-state index in [-0.39, 0.29) is 18.5 Å². The summed E-state index contributed by atoms with van der Waals surface area (Å²) in [6, 6.07) is 10.4. The van der Waals surface area contributed by atoms with E-state index in [0.717, 1.165) is 0 Å². The molecule has 2 aliphatic rings. The molecule has 0 unspecified atom stereocenters. The van der Waals surface area contributed by atoms with Crippen LogP contribution in [0.15, 0.2) is 53.7 Å². The molecule has 2 aromatic rings. The molecule has 9 heteroatoms. The van der Waals surface area contributed by atoms with E-state index in [2.05, 4.69) is 5.32 Å². The van der Waals surface area contributed by atoms with Gasteiger partial charge in [0.25, 0.3) is 0 Å². The summed E-state index contributed by atoms with van der Waals surface area (Å²) >= 11 is 0. The summed E-state index contributed by atoms with van der Waals surface area (Å²) in [7, 11) is 1.30. The zero-order valence-electron chi connectivity index (χ0n) is 18.7. The van der Waals surface area contributed by atoms with Crippen LogP contribution in [0.3, 0.4) is 0 Å². The SMILES string of the molecule is COC(=O)c1ccc([C@@H]2NC(=O)N(c3ccc4c(c3)OCO4)C(C)=C2C(=O)OC(C)C)cc1. The molecule has 0 aromatic heterocycles. The molecule has 0 saturated carbocycles. The standard InChI is InChI=1S/C24H24N2O7/c1-13(2)33-23(28)20-14(3)26(17-9-10-18-19(11-17)32-12-31-18)24(29)25-21(20)15-5-7-16(8-6-15)22(27)30-4/h5-11,13,21H,12H2,1-4H3,(H,25,29)/t21-/m0/s1. The van der Waals surface area contributed by atoms with Gasteiger partial charge in [0, 0.05) is 11.8 Å². The third kappa shape index (κ3) is 4.21. The molecule has 2 heterocycles. The Morgan fingerprint density at radius 3 is 2.42 bits per heavy atom. The maximum atomic E-state index is 13.2. The topological polar surface area (TPSA) is 103 Å². The first-order valence-corrected chi connectivity index (χ1v) is 10.4. The zero-order valence-corrected chi connectivity index (χ0v) is 18.7. The predicted molar refractivity (Wildman–Crippen MR) is 118 cm³/mol. The minimum Gasteiger partial charge on any atom is -0.465 e. The number of ether oxygens (including phenoxy) is 4. The van der Waals surface area contributed by atoms with E-state index in [1.54, 1.807) is 63.2 Å². The second-order valence-corrected chi connectivity index (χ2v) is 7.82. The molecule has 2 amide bonds. The Morgan fingerprint density at radius 1 is 1.06 bits per heavy atom. The fourth-order valence-corrected chi connectivity index (χ4v) is 3.80. The van der Waals surface area contributed by atoms with Gasteiger partial charge in [-0.1, -0.05) is 12.1 Å². The number of methoxy groups -OCH3 is 1. The van der Waals surface area contributed by atoms with Gasteiger partial charge in [0.15, 0.2) is 11.5 Å². The molecular weight excluding hydrogens is 428 g/mol. The second kappa shape index (κ2) is 8.85. The highest BCUT2D eigenvalue weighted by molar-refractivity contribution is 6.03. The van der Waals surface area contributed by atoms with Crippen LogP contribution in [-0.2, 0) is 14.3 Å². The van der Waals surface area contributed by atoms with Crippen LogP contribution in [0.2, 0.25) is 0 Å². The molecule has 9 nitrogen and oxygen atoms in total. The maximum absolute atomic E-state index is 13.2. The highest BCUT2D eigenvalue weighted by atomic mass is 16.7. The van der Waals surface area contributed by atoms with Crippen molar-refractivity contribution in [2.24, 2.45) is 0 Å². The lowest BCUT2D eigenvalue weighted by atomic mass is 9.94. The molecule has 0 aliphatic carbocycles. The van der Waals surface area contributed by atoms with Crippen LogP contribution in [0.1, 0.15) is 42.7 Å². The molecule has 2 aliphatic heterocycles. The third-order valence-electron chi connectivity index (χ3n) is 5.33. The molecule has 0 fully saturated rings. The summed E-state index contributed by atoms with van der Waals surface area (Å²) in [6.07, 6.45) is -0.350. The first kappa shape index (κ1) is 22.2. The fraction of sp³-hybridized carbons (Fsp3) is 0.292.